The molecule has 120 valence electrons. The van der Waals surface area contributed by atoms with Gasteiger partial charge in [-0.3, -0.25) is 14.5 Å². The van der Waals surface area contributed by atoms with Crippen LogP contribution >= 0.6 is 0 Å². The largest absolute Gasteiger partial charge is 0.337 e. The van der Waals surface area contributed by atoms with E-state index in [4.69, 9.17) is 5.26 Å². The highest BCUT2D eigenvalue weighted by Crippen LogP contribution is 2.26. The van der Waals surface area contributed by atoms with Crippen LogP contribution < -0.4 is 10.6 Å². The molecular formula is C16H18N4O3. The third-order valence-electron chi connectivity index (χ3n) is 3.30. The number of carbonyl (C=O) groups is 3. The molecule has 7 nitrogen and oxygen atoms in total. The van der Waals surface area contributed by atoms with E-state index in [1.807, 2.05) is 19.9 Å². The van der Waals surface area contributed by atoms with Crippen molar-refractivity contribution in [2.45, 2.75) is 20.3 Å². The van der Waals surface area contributed by atoms with E-state index in [1.165, 1.54) is 11.0 Å². The van der Waals surface area contributed by atoms with Gasteiger partial charge in [0.25, 0.3) is 11.8 Å². The quantitative estimate of drug-likeness (QED) is 0.640. The minimum absolute atomic E-state index is 0.181. The van der Waals surface area contributed by atoms with E-state index in [0.717, 1.165) is 0 Å². The van der Waals surface area contributed by atoms with E-state index in [9.17, 15) is 14.4 Å². The summed E-state index contributed by atoms with van der Waals surface area (Å²) in [5.74, 6) is -0.461. The average molecular weight is 314 g/mol. The molecule has 1 aromatic rings. The van der Waals surface area contributed by atoms with Crippen LogP contribution in [0.15, 0.2) is 18.2 Å². The van der Waals surface area contributed by atoms with Crippen LogP contribution in [-0.2, 0) is 0 Å². The monoisotopic (exact) mass is 314 g/mol. The second-order valence-electron chi connectivity index (χ2n) is 5.66. The van der Waals surface area contributed by atoms with Gasteiger partial charge in [-0.05, 0) is 24.1 Å². The van der Waals surface area contributed by atoms with Gasteiger partial charge in [0, 0.05) is 18.8 Å². The lowest BCUT2D eigenvalue weighted by molar-refractivity contribution is 0.0636. The van der Waals surface area contributed by atoms with Crippen LogP contribution in [0.25, 0.3) is 0 Å². The molecule has 0 radical (unpaired) electrons. The Hall–Kier alpha value is -2.88. The highest BCUT2D eigenvalue weighted by molar-refractivity contribution is 6.21. The Morgan fingerprint density at radius 2 is 1.96 bits per heavy atom. The zero-order chi connectivity index (χ0) is 17.0. The molecule has 1 aliphatic rings. The van der Waals surface area contributed by atoms with Crippen molar-refractivity contribution in [2.75, 3.05) is 18.4 Å². The Balaban J connectivity index is 2.11. The molecule has 0 atom stereocenters. The van der Waals surface area contributed by atoms with E-state index >= 15 is 0 Å². The first-order chi connectivity index (χ1) is 10.9. The maximum absolute atomic E-state index is 12.3. The standard InChI is InChI=1S/C16H18N4O3/c1-10(2)9-20-14(21)12-5-4-11(8-13(12)15(20)22)19-16(23)18-7-3-6-17/h4-5,8,10H,3,7,9H2,1-2H3,(H2,18,19,23). The van der Waals surface area contributed by atoms with Gasteiger partial charge >= 0.3 is 6.03 Å². The number of anilines is 1. The summed E-state index contributed by atoms with van der Waals surface area (Å²) >= 11 is 0. The van der Waals surface area contributed by atoms with Gasteiger partial charge in [-0.15, -0.1) is 0 Å². The lowest BCUT2D eigenvalue weighted by Crippen LogP contribution is -2.33. The minimum atomic E-state index is -0.462. The van der Waals surface area contributed by atoms with Crippen molar-refractivity contribution in [1.29, 1.82) is 5.26 Å². The fraction of sp³-hybridized carbons (Fsp3) is 0.375. The second kappa shape index (κ2) is 6.92. The first-order valence-electron chi connectivity index (χ1n) is 7.36. The minimum Gasteiger partial charge on any atom is -0.337 e. The van der Waals surface area contributed by atoms with Crippen molar-refractivity contribution >= 4 is 23.5 Å². The first-order valence-corrected chi connectivity index (χ1v) is 7.36. The molecule has 0 saturated heterocycles. The Labute approximate surface area is 134 Å². The zero-order valence-electron chi connectivity index (χ0n) is 13.0. The first kappa shape index (κ1) is 16.5. The summed E-state index contributed by atoms with van der Waals surface area (Å²) in [4.78, 5) is 37.4. The normalized spacial score (nSPS) is 13.0. The van der Waals surface area contributed by atoms with Crippen molar-refractivity contribution in [3.05, 3.63) is 29.3 Å². The number of carbonyl (C=O) groups excluding carboxylic acids is 3. The van der Waals surface area contributed by atoms with Crippen LogP contribution in [0.3, 0.4) is 0 Å². The molecule has 0 fully saturated rings. The summed E-state index contributed by atoms with van der Waals surface area (Å²) in [5.41, 5.74) is 1.07. The number of rotatable bonds is 5. The van der Waals surface area contributed by atoms with Gasteiger partial charge in [-0.1, -0.05) is 13.8 Å². The smallest absolute Gasteiger partial charge is 0.319 e. The summed E-state index contributed by atoms with van der Waals surface area (Å²) in [6.45, 7) is 4.47. The molecular weight excluding hydrogens is 296 g/mol. The maximum Gasteiger partial charge on any atom is 0.319 e. The molecule has 2 rings (SSSR count). The van der Waals surface area contributed by atoms with Crippen molar-refractivity contribution in [2.24, 2.45) is 5.92 Å². The van der Waals surface area contributed by atoms with Crippen molar-refractivity contribution < 1.29 is 14.4 Å². The number of imide groups is 1. The lowest BCUT2D eigenvalue weighted by atomic mass is 10.1. The Morgan fingerprint density at radius 1 is 1.26 bits per heavy atom. The average Bonchev–Trinajstić information content (AvgIpc) is 2.72. The van der Waals surface area contributed by atoms with Crippen LogP contribution in [0.1, 0.15) is 41.0 Å². The topological polar surface area (TPSA) is 102 Å². The lowest BCUT2D eigenvalue weighted by Gasteiger charge is -2.15. The van der Waals surface area contributed by atoms with Gasteiger partial charge in [0.2, 0.25) is 0 Å². The second-order valence-corrected chi connectivity index (χ2v) is 5.66. The maximum atomic E-state index is 12.3. The van der Waals surface area contributed by atoms with Crippen molar-refractivity contribution in [3.63, 3.8) is 0 Å². The SMILES string of the molecule is CC(C)CN1C(=O)c2ccc(NC(=O)NCCC#N)cc2C1=O. The highest BCUT2D eigenvalue weighted by Gasteiger charge is 2.35. The predicted octanol–water partition coefficient (Wildman–Crippen LogP) is 1.97. The molecule has 0 unspecified atom stereocenters. The van der Waals surface area contributed by atoms with Crippen LogP contribution in [0.4, 0.5) is 10.5 Å². The molecule has 1 aromatic carbocycles. The van der Waals surface area contributed by atoms with E-state index < -0.39 is 6.03 Å². The Bertz CT molecular complexity index is 691. The molecule has 2 N–H and O–H groups in total. The molecule has 1 heterocycles. The van der Waals surface area contributed by atoms with Crippen LogP contribution in [0.2, 0.25) is 0 Å². The van der Waals surface area contributed by atoms with Crippen LogP contribution in [0, 0.1) is 17.2 Å². The molecule has 7 heteroatoms. The van der Waals surface area contributed by atoms with Gasteiger partial charge < -0.3 is 10.6 Å². The molecule has 23 heavy (non-hydrogen) atoms. The molecule has 0 aromatic heterocycles. The van der Waals surface area contributed by atoms with Gasteiger partial charge in [0.15, 0.2) is 0 Å². The summed E-state index contributed by atoms with van der Waals surface area (Å²) in [6.07, 6.45) is 0.217. The summed E-state index contributed by atoms with van der Waals surface area (Å²) in [7, 11) is 0. The summed E-state index contributed by atoms with van der Waals surface area (Å²) in [6, 6.07) is 6.08. The van der Waals surface area contributed by atoms with Gasteiger partial charge in [-0.25, -0.2) is 4.79 Å². The summed E-state index contributed by atoms with van der Waals surface area (Å²) in [5, 5.41) is 13.5. The van der Waals surface area contributed by atoms with Crippen molar-refractivity contribution in [1.82, 2.24) is 10.2 Å². The number of nitriles is 1. The number of amides is 4. The Kier molecular flexibility index (Phi) is 4.96. The fourth-order valence-corrected chi connectivity index (χ4v) is 2.31. The highest BCUT2D eigenvalue weighted by atomic mass is 16.2. The van der Waals surface area contributed by atoms with E-state index in [1.54, 1.807) is 12.1 Å². The van der Waals surface area contributed by atoms with Gasteiger partial charge in [0.1, 0.15) is 0 Å². The number of nitrogens with one attached hydrogen (secondary N) is 2. The third kappa shape index (κ3) is 3.66. The third-order valence-corrected chi connectivity index (χ3v) is 3.30. The molecule has 4 amide bonds. The molecule has 0 saturated carbocycles. The van der Waals surface area contributed by atoms with Crippen LogP contribution in [0.5, 0.6) is 0 Å². The number of hydrogen-bond donors (Lipinski definition) is 2. The molecule has 0 aliphatic carbocycles. The Morgan fingerprint density at radius 3 is 2.61 bits per heavy atom. The van der Waals surface area contributed by atoms with Gasteiger partial charge in [0.05, 0.1) is 23.6 Å². The van der Waals surface area contributed by atoms with E-state index in [0.29, 0.717) is 23.4 Å². The number of urea groups is 1. The zero-order valence-corrected chi connectivity index (χ0v) is 13.0. The summed E-state index contributed by atoms with van der Waals surface area (Å²) < 4.78 is 0. The van der Waals surface area contributed by atoms with E-state index in [2.05, 4.69) is 10.6 Å². The molecule has 0 bridgehead atoms. The molecule has 1 aliphatic heterocycles. The number of nitrogens with zero attached hydrogens (tertiary/aromatic N) is 2. The molecule has 0 spiro atoms. The number of fused-ring (bicyclic) bond motifs is 1. The van der Waals surface area contributed by atoms with Gasteiger partial charge in [-0.2, -0.15) is 5.26 Å². The van der Waals surface area contributed by atoms with Crippen molar-refractivity contribution in [3.8, 4) is 6.07 Å². The predicted molar refractivity (Wildman–Crippen MR) is 83.9 cm³/mol. The number of benzene rings is 1. The van der Waals surface area contributed by atoms with Crippen LogP contribution in [-0.4, -0.2) is 35.8 Å². The number of hydrogen-bond acceptors (Lipinski definition) is 4. The van der Waals surface area contributed by atoms with E-state index in [-0.39, 0.29) is 30.7 Å². The fourth-order valence-electron chi connectivity index (χ4n) is 2.31.